The van der Waals surface area contributed by atoms with Crippen LogP contribution in [-0.2, 0) is 0 Å². The third kappa shape index (κ3) is 1.50. The topological polar surface area (TPSA) is 0 Å². The van der Waals surface area contributed by atoms with E-state index in [0.29, 0.717) is 0 Å². The number of rotatable bonds is 1. The third-order valence-corrected chi connectivity index (χ3v) is 3.53. The molecule has 0 aliphatic heterocycles. The summed E-state index contributed by atoms with van der Waals surface area (Å²) in [5.41, 5.74) is 5.96. The lowest BCUT2D eigenvalue weighted by atomic mass is 9.78. The van der Waals surface area contributed by atoms with Gasteiger partial charge in [-0.1, -0.05) is 18.6 Å². The molecule has 0 N–H and O–H groups in total. The molecule has 1 aromatic rings. The molecule has 13 heavy (non-hydrogen) atoms. The summed E-state index contributed by atoms with van der Waals surface area (Å²) in [6, 6.07) is 4.76. The second-order valence-corrected chi connectivity index (χ2v) is 4.41. The quantitative estimate of drug-likeness (QED) is 0.606. The molecule has 0 aromatic heterocycles. The maximum atomic E-state index is 2.38. The van der Waals surface area contributed by atoms with E-state index in [2.05, 4.69) is 32.9 Å². The number of benzene rings is 1. The molecule has 70 valence electrons. The van der Waals surface area contributed by atoms with E-state index >= 15 is 0 Å². The summed E-state index contributed by atoms with van der Waals surface area (Å²) in [6.07, 6.45) is 4.24. The van der Waals surface area contributed by atoms with E-state index in [-0.39, 0.29) is 0 Å². The first-order valence-electron chi connectivity index (χ1n) is 5.26. The molecule has 0 radical (unpaired) electrons. The largest absolute Gasteiger partial charge is 0.0555 e. The zero-order valence-corrected chi connectivity index (χ0v) is 8.85. The maximum Gasteiger partial charge on any atom is -0.0162 e. The van der Waals surface area contributed by atoms with E-state index in [9.17, 15) is 0 Å². The summed E-state index contributed by atoms with van der Waals surface area (Å²) in [5, 5.41) is 0. The smallest absolute Gasteiger partial charge is 0.0162 e. The van der Waals surface area contributed by atoms with Gasteiger partial charge in [0, 0.05) is 0 Å². The lowest BCUT2D eigenvalue weighted by molar-refractivity contribution is 0.419. The van der Waals surface area contributed by atoms with Crippen molar-refractivity contribution < 1.29 is 0 Å². The van der Waals surface area contributed by atoms with Crippen LogP contribution in [0.2, 0.25) is 0 Å². The van der Waals surface area contributed by atoms with E-state index in [0.717, 1.165) is 5.92 Å². The molecule has 0 heterocycles. The molecule has 0 atom stereocenters. The van der Waals surface area contributed by atoms with E-state index in [4.69, 9.17) is 0 Å². The van der Waals surface area contributed by atoms with E-state index in [1.165, 1.54) is 36.0 Å². The van der Waals surface area contributed by atoms with Crippen LogP contribution in [0, 0.1) is 20.8 Å². The van der Waals surface area contributed by atoms with Crippen LogP contribution in [0.15, 0.2) is 12.1 Å². The van der Waals surface area contributed by atoms with Crippen molar-refractivity contribution >= 4 is 0 Å². The summed E-state index contributed by atoms with van der Waals surface area (Å²) in [5.74, 6) is 0.873. The van der Waals surface area contributed by atoms with Crippen LogP contribution in [0.5, 0.6) is 0 Å². The molecule has 0 saturated heterocycles. The second kappa shape index (κ2) is 3.17. The Balaban J connectivity index is 2.37. The van der Waals surface area contributed by atoms with Crippen molar-refractivity contribution in [1.29, 1.82) is 0 Å². The summed E-state index contributed by atoms with van der Waals surface area (Å²) in [7, 11) is 0. The van der Waals surface area contributed by atoms with Crippen LogP contribution < -0.4 is 0 Å². The highest BCUT2D eigenvalue weighted by molar-refractivity contribution is 5.38. The standard InChI is InChI=1S/C13H18/c1-9-7-13(12-5-4-6-12)8-10(2)11(9)3/h7-8,12H,4-6H2,1-3H3. The zero-order valence-electron chi connectivity index (χ0n) is 8.85. The third-order valence-electron chi connectivity index (χ3n) is 3.53. The molecule has 1 aliphatic rings. The first kappa shape index (κ1) is 8.80. The number of hydrogen-bond acceptors (Lipinski definition) is 0. The molecule has 0 heteroatoms. The van der Waals surface area contributed by atoms with Gasteiger partial charge in [0.2, 0.25) is 0 Å². The summed E-state index contributed by atoms with van der Waals surface area (Å²) < 4.78 is 0. The van der Waals surface area contributed by atoms with E-state index in [1.54, 1.807) is 5.56 Å². The Labute approximate surface area is 81.0 Å². The van der Waals surface area contributed by atoms with Gasteiger partial charge < -0.3 is 0 Å². The molecule has 1 aromatic carbocycles. The Morgan fingerprint density at radius 3 is 1.92 bits per heavy atom. The van der Waals surface area contributed by atoms with E-state index in [1.807, 2.05) is 0 Å². The lowest BCUT2D eigenvalue weighted by Gasteiger charge is -2.27. The highest BCUT2D eigenvalue weighted by atomic mass is 14.2. The van der Waals surface area contributed by atoms with E-state index < -0.39 is 0 Å². The average Bonchev–Trinajstić information content (AvgIpc) is 1.96. The highest BCUT2D eigenvalue weighted by Gasteiger charge is 2.19. The first-order valence-corrected chi connectivity index (χ1v) is 5.26. The molecular weight excluding hydrogens is 156 g/mol. The van der Waals surface area contributed by atoms with Gasteiger partial charge in [-0.3, -0.25) is 0 Å². The monoisotopic (exact) mass is 174 g/mol. The minimum absolute atomic E-state index is 0.873. The van der Waals surface area contributed by atoms with Crippen molar-refractivity contribution in [1.82, 2.24) is 0 Å². The van der Waals surface area contributed by atoms with Crippen molar-refractivity contribution in [3.05, 3.63) is 34.4 Å². The maximum absolute atomic E-state index is 2.38. The predicted molar refractivity (Wildman–Crippen MR) is 57.2 cm³/mol. The normalized spacial score (nSPS) is 17.2. The molecule has 0 nitrogen and oxygen atoms in total. The molecular formula is C13H18. The van der Waals surface area contributed by atoms with Crippen LogP contribution in [0.4, 0.5) is 0 Å². The van der Waals surface area contributed by atoms with Crippen LogP contribution in [-0.4, -0.2) is 0 Å². The van der Waals surface area contributed by atoms with Gasteiger partial charge in [0.1, 0.15) is 0 Å². The zero-order chi connectivity index (χ0) is 9.42. The molecule has 0 bridgehead atoms. The van der Waals surface area contributed by atoms with Gasteiger partial charge in [0.05, 0.1) is 0 Å². The molecule has 0 unspecified atom stereocenters. The fraction of sp³-hybridized carbons (Fsp3) is 0.538. The van der Waals surface area contributed by atoms with Gasteiger partial charge in [-0.05, 0) is 61.8 Å². The average molecular weight is 174 g/mol. The number of hydrogen-bond donors (Lipinski definition) is 0. The summed E-state index contributed by atoms with van der Waals surface area (Å²) >= 11 is 0. The van der Waals surface area contributed by atoms with Gasteiger partial charge in [0.15, 0.2) is 0 Å². The van der Waals surface area contributed by atoms with Crippen molar-refractivity contribution in [2.24, 2.45) is 0 Å². The summed E-state index contributed by atoms with van der Waals surface area (Å²) in [6.45, 7) is 6.67. The minimum Gasteiger partial charge on any atom is -0.0555 e. The van der Waals surface area contributed by atoms with Gasteiger partial charge >= 0.3 is 0 Å². The molecule has 0 amide bonds. The first-order chi connectivity index (χ1) is 6.18. The van der Waals surface area contributed by atoms with Crippen molar-refractivity contribution in [2.75, 3.05) is 0 Å². The van der Waals surface area contributed by atoms with Gasteiger partial charge in [-0.25, -0.2) is 0 Å². The Kier molecular flexibility index (Phi) is 2.15. The van der Waals surface area contributed by atoms with Gasteiger partial charge in [-0.15, -0.1) is 0 Å². The summed E-state index contributed by atoms with van der Waals surface area (Å²) in [4.78, 5) is 0. The van der Waals surface area contributed by atoms with Gasteiger partial charge in [-0.2, -0.15) is 0 Å². The van der Waals surface area contributed by atoms with Gasteiger partial charge in [0.25, 0.3) is 0 Å². The van der Waals surface area contributed by atoms with Crippen molar-refractivity contribution in [3.8, 4) is 0 Å². The van der Waals surface area contributed by atoms with Crippen LogP contribution >= 0.6 is 0 Å². The lowest BCUT2D eigenvalue weighted by Crippen LogP contribution is -2.09. The number of aryl methyl sites for hydroxylation is 2. The Bertz CT molecular complexity index is 296. The predicted octanol–water partition coefficient (Wildman–Crippen LogP) is 3.88. The van der Waals surface area contributed by atoms with Crippen molar-refractivity contribution in [3.63, 3.8) is 0 Å². The van der Waals surface area contributed by atoms with Crippen LogP contribution in [0.1, 0.15) is 47.4 Å². The minimum atomic E-state index is 0.873. The molecule has 0 spiro atoms. The molecule has 1 fully saturated rings. The Hall–Kier alpha value is -0.780. The molecule has 1 saturated carbocycles. The van der Waals surface area contributed by atoms with Crippen molar-refractivity contribution in [2.45, 2.75) is 46.0 Å². The molecule has 1 aliphatic carbocycles. The highest BCUT2D eigenvalue weighted by Crippen LogP contribution is 2.37. The van der Waals surface area contributed by atoms with Crippen LogP contribution in [0.3, 0.4) is 0 Å². The molecule has 2 rings (SSSR count). The Morgan fingerprint density at radius 2 is 1.54 bits per heavy atom. The SMILES string of the molecule is Cc1cc(C2CCC2)cc(C)c1C. The van der Waals surface area contributed by atoms with Crippen LogP contribution in [0.25, 0.3) is 0 Å². The fourth-order valence-electron chi connectivity index (χ4n) is 2.05. The Morgan fingerprint density at radius 1 is 1.00 bits per heavy atom. The fourth-order valence-corrected chi connectivity index (χ4v) is 2.05. The second-order valence-electron chi connectivity index (χ2n) is 4.41.